The van der Waals surface area contributed by atoms with E-state index in [2.05, 4.69) is 13.8 Å². The third kappa shape index (κ3) is 3.97. The SMILES string of the molecule is COc1ccc(CO)cc1COC1CCC(C)(C)CC1. The van der Waals surface area contributed by atoms with Crippen molar-refractivity contribution < 1.29 is 14.6 Å². The van der Waals surface area contributed by atoms with Crippen molar-refractivity contribution in [1.29, 1.82) is 0 Å². The highest BCUT2D eigenvalue weighted by molar-refractivity contribution is 5.36. The molecule has 2 rings (SSSR count). The first-order valence-electron chi connectivity index (χ1n) is 7.42. The molecule has 3 nitrogen and oxygen atoms in total. The Labute approximate surface area is 121 Å². The minimum atomic E-state index is 0.0502. The Bertz CT molecular complexity index is 430. The quantitative estimate of drug-likeness (QED) is 0.893. The summed E-state index contributed by atoms with van der Waals surface area (Å²) in [5.74, 6) is 0.832. The van der Waals surface area contributed by atoms with Crippen LogP contribution in [0, 0.1) is 5.41 Å². The largest absolute Gasteiger partial charge is 0.496 e. The van der Waals surface area contributed by atoms with Crippen molar-refractivity contribution in [1.82, 2.24) is 0 Å². The van der Waals surface area contributed by atoms with Gasteiger partial charge in [0.2, 0.25) is 0 Å². The van der Waals surface area contributed by atoms with E-state index in [4.69, 9.17) is 9.47 Å². The van der Waals surface area contributed by atoms with Crippen LogP contribution in [-0.2, 0) is 18.0 Å². The number of hydrogen-bond acceptors (Lipinski definition) is 3. The van der Waals surface area contributed by atoms with Gasteiger partial charge in [0.1, 0.15) is 5.75 Å². The van der Waals surface area contributed by atoms with E-state index in [0.29, 0.717) is 18.1 Å². The van der Waals surface area contributed by atoms with Crippen molar-refractivity contribution in [2.45, 2.75) is 58.8 Å². The first kappa shape index (κ1) is 15.3. The minimum Gasteiger partial charge on any atom is -0.496 e. The van der Waals surface area contributed by atoms with Crippen LogP contribution in [0.2, 0.25) is 0 Å². The zero-order valence-corrected chi connectivity index (χ0v) is 12.8. The van der Waals surface area contributed by atoms with Crippen LogP contribution in [0.5, 0.6) is 5.75 Å². The third-order valence-corrected chi connectivity index (χ3v) is 4.29. The van der Waals surface area contributed by atoms with Crippen molar-refractivity contribution >= 4 is 0 Å². The Kier molecular flexibility index (Phi) is 5.06. The van der Waals surface area contributed by atoms with Crippen molar-refractivity contribution in [3.8, 4) is 5.75 Å². The van der Waals surface area contributed by atoms with Gasteiger partial charge in [-0.3, -0.25) is 0 Å². The van der Waals surface area contributed by atoms with Gasteiger partial charge in [-0.1, -0.05) is 19.9 Å². The molecule has 0 spiro atoms. The molecule has 3 heteroatoms. The highest BCUT2D eigenvalue weighted by Crippen LogP contribution is 2.36. The van der Waals surface area contributed by atoms with Gasteiger partial charge < -0.3 is 14.6 Å². The molecular weight excluding hydrogens is 252 g/mol. The lowest BCUT2D eigenvalue weighted by atomic mass is 9.76. The third-order valence-electron chi connectivity index (χ3n) is 4.29. The highest BCUT2D eigenvalue weighted by atomic mass is 16.5. The Morgan fingerprint density at radius 3 is 2.55 bits per heavy atom. The van der Waals surface area contributed by atoms with Crippen LogP contribution in [0.1, 0.15) is 50.7 Å². The van der Waals surface area contributed by atoms with Gasteiger partial charge in [0.05, 0.1) is 26.4 Å². The van der Waals surface area contributed by atoms with E-state index < -0.39 is 0 Å². The Morgan fingerprint density at radius 2 is 1.95 bits per heavy atom. The van der Waals surface area contributed by atoms with Crippen LogP contribution in [-0.4, -0.2) is 18.3 Å². The fourth-order valence-electron chi connectivity index (χ4n) is 2.79. The second-order valence-electron chi connectivity index (χ2n) is 6.48. The van der Waals surface area contributed by atoms with Crippen molar-refractivity contribution in [2.24, 2.45) is 5.41 Å². The van der Waals surface area contributed by atoms with Gasteiger partial charge in [-0.15, -0.1) is 0 Å². The van der Waals surface area contributed by atoms with Gasteiger partial charge in [-0.05, 0) is 48.8 Å². The Morgan fingerprint density at radius 1 is 1.25 bits per heavy atom. The van der Waals surface area contributed by atoms with Crippen molar-refractivity contribution in [2.75, 3.05) is 7.11 Å². The number of rotatable bonds is 5. The molecule has 0 bridgehead atoms. The van der Waals surface area contributed by atoms with Gasteiger partial charge in [0.25, 0.3) is 0 Å². The first-order chi connectivity index (χ1) is 9.54. The summed E-state index contributed by atoms with van der Waals surface area (Å²) in [6, 6.07) is 5.74. The molecule has 20 heavy (non-hydrogen) atoms. The number of benzene rings is 1. The monoisotopic (exact) mass is 278 g/mol. The maximum absolute atomic E-state index is 9.22. The predicted molar refractivity (Wildman–Crippen MR) is 79.7 cm³/mol. The number of aliphatic hydroxyl groups is 1. The molecule has 0 unspecified atom stereocenters. The summed E-state index contributed by atoms with van der Waals surface area (Å²) < 4.78 is 11.4. The van der Waals surface area contributed by atoms with E-state index in [0.717, 1.165) is 29.7 Å². The average molecular weight is 278 g/mol. The Hall–Kier alpha value is -1.06. The first-order valence-corrected chi connectivity index (χ1v) is 7.42. The zero-order valence-electron chi connectivity index (χ0n) is 12.8. The van der Waals surface area contributed by atoms with Crippen LogP contribution in [0.3, 0.4) is 0 Å². The maximum atomic E-state index is 9.22. The van der Waals surface area contributed by atoms with E-state index in [1.165, 1.54) is 12.8 Å². The van der Waals surface area contributed by atoms with Crippen LogP contribution < -0.4 is 4.74 Å². The lowest BCUT2D eigenvalue weighted by Crippen LogP contribution is -2.26. The molecule has 1 aromatic rings. The highest BCUT2D eigenvalue weighted by Gasteiger charge is 2.27. The number of aliphatic hydroxyl groups excluding tert-OH is 1. The molecular formula is C17H26O3. The molecule has 1 aliphatic carbocycles. The fourth-order valence-corrected chi connectivity index (χ4v) is 2.79. The van der Waals surface area contributed by atoms with Crippen LogP contribution >= 0.6 is 0 Å². The van der Waals surface area contributed by atoms with E-state index in [-0.39, 0.29) is 6.61 Å². The lowest BCUT2D eigenvalue weighted by molar-refractivity contribution is -0.00625. The van der Waals surface area contributed by atoms with E-state index in [1.54, 1.807) is 7.11 Å². The van der Waals surface area contributed by atoms with Crippen LogP contribution in [0.25, 0.3) is 0 Å². The fraction of sp³-hybridized carbons (Fsp3) is 0.647. The Balaban J connectivity index is 1.93. The smallest absolute Gasteiger partial charge is 0.124 e. The van der Waals surface area contributed by atoms with Crippen LogP contribution in [0.4, 0.5) is 0 Å². The van der Waals surface area contributed by atoms with E-state index in [1.807, 2.05) is 18.2 Å². The molecule has 1 N–H and O–H groups in total. The van der Waals surface area contributed by atoms with Gasteiger partial charge in [0.15, 0.2) is 0 Å². The molecule has 0 radical (unpaired) electrons. The lowest BCUT2D eigenvalue weighted by Gasteiger charge is -2.34. The normalized spacial score (nSPS) is 19.0. The summed E-state index contributed by atoms with van der Waals surface area (Å²) in [4.78, 5) is 0. The molecule has 0 aliphatic heterocycles. The average Bonchev–Trinajstić information content (AvgIpc) is 2.45. The molecule has 1 aliphatic rings. The summed E-state index contributed by atoms with van der Waals surface area (Å²) in [6.45, 7) is 5.27. The van der Waals surface area contributed by atoms with E-state index in [9.17, 15) is 5.11 Å². The molecule has 1 aromatic carbocycles. The summed E-state index contributed by atoms with van der Waals surface area (Å²) in [5.41, 5.74) is 2.38. The molecule has 1 saturated carbocycles. The number of methoxy groups -OCH3 is 1. The molecule has 0 saturated heterocycles. The van der Waals surface area contributed by atoms with Crippen molar-refractivity contribution in [3.63, 3.8) is 0 Å². The molecule has 0 aromatic heterocycles. The van der Waals surface area contributed by atoms with Crippen molar-refractivity contribution in [3.05, 3.63) is 29.3 Å². The minimum absolute atomic E-state index is 0.0502. The maximum Gasteiger partial charge on any atom is 0.124 e. The van der Waals surface area contributed by atoms with Gasteiger partial charge in [-0.2, -0.15) is 0 Å². The standard InChI is InChI=1S/C17H26O3/c1-17(2)8-6-15(7-9-17)20-12-14-10-13(11-18)4-5-16(14)19-3/h4-5,10,15,18H,6-9,11-12H2,1-3H3. The molecule has 0 atom stereocenters. The predicted octanol–water partition coefficient (Wildman–Crippen LogP) is 3.67. The molecule has 112 valence electrons. The second-order valence-corrected chi connectivity index (χ2v) is 6.48. The second kappa shape index (κ2) is 6.59. The summed E-state index contributed by atoms with van der Waals surface area (Å²) in [7, 11) is 1.67. The summed E-state index contributed by atoms with van der Waals surface area (Å²) >= 11 is 0. The summed E-state index contributed by atoms with van der Waals surface area (Å²) in [6.07, 6.45) is 5.08. The summed E-state index contributed by atoms with van der Waals surface area (Å²) in [5, 5.41) is 9.22. The van der Waals surface area contributed by atoms with Crippen LogP contribution in [0.15, 0.2) is 18.2 Å². The van der Waals surface area contributed by atoms with Gasteiger partial charge >= 0.3 is 0 Å². The number of hydrogen-bond donors (Lipinski definition) is 1. The number of ether oxygens (including phenoxy) is 2. The van der Waals surface area contributed by atoms with E-state index >= 15 is 0 Å². The van der Waals surface area contributed by atoms with Gasteiger partial charge in [0, 0.05) is 5.56 Å². The van der Waals surface area contributed by atoms with Gasteiger partial charge in [-0.25, -0.2) is 0 Å². The molecule has 0 heterocycles. The molecule has 0 amide bonds. The zero-order chi connectivity index (χ0) is 14.6. The topological polar surface area (TPSA) is 38.7 Å². The molecule has 1 fully saturated rings.